The Kier molecular flexibility index (Phi) is 3.64. The number of phenolic OH excluding ortho intramolecular Hbond substituents is 1. The molecule has 0 aliphatic carbocycles. The number of carboxylic acid groups (broad SMARTS) is 1. The molecule has 2 heterocycles. The summed E-state index contributed by atoms with van der Waals surface area (Å²) in [6.45, 7) is 2.17. The van der Waals surface area contributed by atoms with Gasteiger partial charge in [-0.15, -0.1) is 0 Å². The molecule has 2 atom stereocenters. The number of likely N-dealkylation sites (tertiary alicyclic amines) is 1. The number of carbonyl (C=O) groups excluding carboxylic acids is 1. The molecule has 2 aromatic carbocycles. The number of hydrogen-bond donors (Lipinski definition) is 2. The van der Waals surface area contributed by atoms with E-state index in [0.29, 0.717) is 23.4 Å². The number of rotatable bonds is 2. The Labute approximate surface area is 150 Å². The van der Waals surface area contributed by atoms with Crippen molar-refractivity contribution in [3.05, 3.63) is 59.2 Å². The molecule has 134 valence electrons. The molecule has 0 saturated carbocycles. The zero-order valence-electron chi connectivity index (χ0n) is 14.3. The quantitative estimate of drug-likeness (QED) is 0.866. The van der Waals surface area contributed by atoms with Crippen LogP contribution in [-0.2, 0) is 4.79 Å². The maximum atomic E-state index is 12.9. The lowest BCUT2D eigenvalue weighted by atomic mass is 9.73. The van der Waals surface area contributed by atoms with Gasteiger partial charge in [0, 0.05) is 30.1 Å². The molecule has 2 aliphatic heterocycles. The first-order valence-corrected chi connectivity index (χ1v) is 8.46. The lowest BCUT2D eigenvalue weighted by Gasteiger charge is -2.35. The third-order valence-electron chi connectivity index (χ3n) is 5.49. The van der Waals surface area contributed by atoms with Crippen LogP contribution in [-0.4, -0.2) is 46.7 Å². The van der Waals surface area contributed by atoms with Crippen molar-refractivity contribution in [2.24, 2.45) is 5.41 Å². The Morgan fingerprint density at radius 3 is 2.73 bits per heavy atom. The molecule has 0 bridgehead atoms. The molecule has 1 fully saturated rings. The Morgan fingerprint density at radius 1 is 1.23 bits per heavy atom. The molecule has 2 aromatic rings. The molecule has 6 heteroatoms. The predicted octanol–water partition coefficient (Wildman–Crippen LogP) is 2.40. The van der Waals surface area contributed by atoms with Crippen molar-refractivity contribution in [1.29, 1.82) is 0 Å². The van der Waals surface area contributed by atoms with Crippen LogP contribution < -0.4 is 4.74 Å². The third kappa shape index (κ3) is 2.33. The van der Waals surface area contributed by atoms with Gasteiger partial charge in [0.1, 0.15) is 23.5 Å². The summed E-state index contributed by atoms with van der Waals surface area (Å²) in [4.78, 5) is 26.6. The molecule has 1 saturated heterocycles. The van der Waals surface area contributed by atoms with Crippen LogP contribution in [0.3, 0.4) is 0 Å². The Morgan fingerprint density at radius 2 is 2.00 bits per heavy atom. The lowest BCUT2D eigenvalue weighted by molar-refractivity contribution is -0.151. The summed E-state index contributed by atoms with van der Waals surface area (Å²) in [5.41, 5.74) is 0.696. The maximum Gasteiger partial charge on any atom is 0.315 e. The molecular weight excluding hydrogens is 334 g/mol. The minimum absolute atomic E-state index is 0.0347. The predicted molar refractivity (Wildman–Crippen MR) is 93.5 cm³/mol. The number of ether oxygens (including phenoxy) is 1. The maximum absolute atomic E-state index is 12.9. The molecule has 26 heavy (non-hydrogen) atoms. The zero-order valence-corrected chi connectivity index (χ0v) is 14.3. The topological polar surface area (TPSA) is 87.1 Å². The number of hydrogen-bond acceptors (Lipinski definition) is 4. The minimum atomic E-state index is -1.16. The van der Waals surface area contributed by atoms with Gasteiger partial charge in [0.15, 0.2) is 0 Å². The van der Waals surface area contributed by atoms with E-state index in [1.807, 2.05) is 24.3 Å². The average molecular weight is 353 g/mol. The fourth-order valence-electron chi connectivity index (χ4n) is 3.92. The van der Waals surface area contributed by atoms with Gasteiger partial charge in [0.05, 0.1) is 0 Å². The Hall–Kier alpha value is -3.02. The van der Waals surface area contributed by atoms with Gasteiger partial charge in [-0.3, -0.25) is 9.59 Å². The number of carbonyl (C=O) groups is 2. The normalized spacial score (nSPS) is 23.7. The van der Waals surface area contributed by atoms with Crippen LogP contribution in [0, 0.1) is 12.3 Å². The summed E-state index contributed by atoms with van der Waals surface area (Å²) >= 11 is 0. The van der Waals surface area contributed by atoms with Crippen LogP contribution >= 0.6 is 0 Å². The second-order valence-electron chi connectivity index (χ2n) is 7.03. The highest BCUT2D eigenvalue weighted by molar-refractivity contribution is 5.96. The molecule has 0 unspecified atom stereocenters. The number of nitrogens with zero attached hydrogens (tertiary/aromatic N) is 1. The number of amides is 1. The van der Waals surface area contributed by atoms with Gasteiger partial charge in [-0.05, 0) is 30.7 Å². The van der Waals surface area contributed by atoms with Crippen molar-refractivity contribution in [2.75, 3.05) is 19.7 Å². The number of phenols is 1. The molecule has 1 amide bonds. The van der Waals surface area contributed by atoms with Crippen molar-refractivity contribution in [3.8, 4) is 11.5 Å². The van der Waals surface area contributed by atoms with E-state index in [1.54, 1.807) is 24.0 Å². The van der Waals surface area contributed by atoms with Gasteiger partial charge in [-0.1, -0.05) is 24.3 Å². The number of para-hydroxylation sites is 1. The number of aryl methyl sites for hydroxylation is 1. The van der Waals surface area contributed by atoms with Crippen LogP contribution in [0.5, 0.6) is 11.5 Å². The van der Waals surface area contributed by atoms with Gasteiger partial charge in [-0.2, -0.15) is 0 Å². The van der Waals surface area contributed by atoms with E-state index >= 15 is 0 Å². The van der Waals surface area contributed by atoms with Crippen LogP contribution in [0.2, 0.25) is 0 Å². The summed E-state index contributed by atoms with van der Waals surface area (Å²) in [6, 6.07) is 12.1. The molecular formula is C20H19NO5. The molecule has 0 spiro atoms. The highest BCUT2D eigenvalue weighted by Crippen LogP contribution is 2.49. The third-order valence-corrected chi connectivity index (χ3v) is 5.49. The molecule has 0 radical (unpaired) electrons. The first-order valence-electron chi connectivity index (χ1n) is 8.46. The minimum Gasteiger partial charge on any atom is -0.508 e. The molecule has 2 aliphatic rings. The van der Waals surface area contributed by atoms with E-state index in [4.69, 9.17) is 4.74 Å². The van der Waals surface area contributed by atoms with Gasteiger partial charge in [0.25, 0.3) is 5.91 Å². The van der Waals surface area contributed by atoms with Gasteiger partial charge >= 0.3 is 5.97 Å². The first kappa shape index (κ1) is 16.4. The fraction of sp³-hybridized carbons (Fsp3) is 0.300. The lowest BCUT2D eigenvalue weighted by Crippen LogP contribution is -2.46. The first-order chi connectivity index (χ1) is 12.4. The SMILES string of the molecule is Cc1ccc(C(=O)N2C[C@@H]3c4ccccc4OC[C@]3(C(=O)O)C2)cc1O. The fourth-order valence-corrected chi connectivity index (χ4v) is 3.92. The van der Waals surface area contributed by atoms with Gasteiger partial charge in [0.2, 0.25) is 0 Å². The average Bonchev–Trinajstić information content (AvgIpc) is 3.05. The number of carboxylic acids is 1. The van der Waals surface area contributed by atoms with Crippen molar-refractivity contribution < 1.29 is 24.5 Å². The van der Waals surface area contributed by atoms with E-state index in [2.05, 4.69) is 0 Å². The highest BCUT2D eigenvalue weighted by atomic mass is 16.5. The highest BCUT2D eigenvalue weighted by Gasteiger charge is 2.57. The molecule has 6 nitrogen and oxygen atoms in total. The van der Waals surface area contributed by atoms with Crippen LogP contribution in [0.1, 0.15) is 27.4 Å². The standard InChI is InChI=1S/C20H19NO5/c1-12-6-7-13(8-16(12)22)18(23)21-9-15-14-4-2-3-5-17(14)26-11-20(15,10-21)19(24)25/h2-8,15,22H,9-11H2,1H3,(H,24,25)/t15-,20-/m1/s1. The summed E-state index contributed by atoms with van der Waals surface area (Å²) in [5.74, 6) is -0.842. The van der Waals surface area contributed by atoms with E-state index in [0.717, 1.165) is 5.56 Å². The summed E-state index contributed by atoms with van der Waals surface area (Å²) in [5, 5.41) is 19.8. The Bertz CT molecular complexity index is 909. The second kappa shape index (κ2) is 5.76. The number of benzene rings is 2. The largest absolute Gasteiger partial charge is 0.508 e. The summed E-state index contributed by atoms with van der Waals surface area (Å²) in [6.07, 6.45) is 0. The molecule has 2 N–H and O–H groups in total. The van der Waals surface area contributed by atoms with Gasteiger partial charge in [-0.25, -0.2) is 0 Å². The number of aliphatic carboxylic acids is 1. The van der Waals surface area contributed by atoms with E-state index < -0.39 is 11.4 Å². The monoisotopic (exact) mass is 353 g/mol. The van der Waals surface area contributed by atoms with E-state index in [9.17, 15) is 19.8 Å². The van der Waals surface area contributed by atoms with E-state index in [-0.39, 0.29) is 30.7 Å². The number of fused-ring (bicyclic) bond motifs is 3. The van der Waals surface area contributed by atoms with E-state index in [1.165, 1.54) is 6.07 Å². The summed E-state index contributed by atoms with van der Waals surface area (Å²) < 4.78 is 5.71. The van der Waals surface area contributed by atoms with Crippen molar-refractivity contribution in [2.45, 2.75) is 12.8 Å². The summed E-state index contributed by atoms with van der Waals surface area (Å²) in [7, 11) is 0. The van der Waals surface area contributed by atoms with Gasteiger partial charge < -0.3 is 19.8 Å². The number of aromatic hydroxyl groups is 1. The Balaban J connectivity index is 1.70. The zero-order chi connectivity index (χ0) is 18.5. The van der Waals surface area contributed by atoms with Crippen LogP contribution in [0.15, 0.2) is 42.5 Å². The smallest absolute Gasteiger partial charge is 0.315 e. The molecule has 4 rings (SSSR count). The second-order valence-corrected chi connectivity index (χ2v) is 7.03. The van der Waals surface area contributed by atoms with Crippen molar-refractivity contribution >= 4 is 11.9 Å². The van der Waals surface area contributed by atoms with Crippen LogP contribution in [0.4, 0.5) is 0 Å². The van der Waals surface area contributed by atoms with Crippen molar-refractivity contribution in [3.63, 3.8) is 0 Å². The molecule has 0 aromatic heterocycles. The van der Waals surface area contributed by atoms with Crippen LogP contribution in [0.25, 0.3) is 0 Å². The van der Waals surface area contributed by atoms with Crippen molar-refractivity contribution in [1.82, 2.24) is 4.90 Å².